The Morgan fingerprint density at radius 1 is 1.26 bits per heavy atom. The lowest BCUT2D eigenvalue weighted by Crippen LogP contribution is -2.41. The van der Waals surface area contributed by atoms with E-state index in [4.69, 9.17) is 20.2 Å². The number of hydrogen-bond acceptors (Lipinski definition) is 6. The summed E-state index contributed by atoms with van der Waals surface area (Å²) in [6, 6.07) is 8.31. The van der Waals surface area contributed by atoms with Crippen LogP contribution in [0.3, 0.4) is 0 Å². The largest absolute Gasteiger partial charge is 0.489 e. The third-order valence-electron chi connectivity index (χ3n) is 2.52. The molecule has 1 aromatic rings. The lowest BCUT2D eigenvalue weighted by Gasteiger charge is -2.17. The number of para-hydroxylation sites is 1. The summed E-state index contributed by atoms with van der Waals surface area (Å²) in [4.78, 5) is 0. The van der Waals surface area contributed by atoms with Crippen LogP contribution in [0, 0.1) is 11.3 Å². The number of aliphatic hydroxyl groups is 3. The smallest absolute Gasteiger partial charge is 0.137 e. The van der Waals surface area contributed by atoms with Crippen LogP contribution >= 0.6 is 0 Å². The predicted octanol–water partition coefficient (Wildman–Crippen LogP) is -0.759. The lowest BCUT2D eigenvalue weighted by molar-refractivity contribution is 0.0928. The fraction of sp³-hybridized carbons (Fsp3) is 0.462. The number of hydrogen-bond donors (Lipinski definition) is 4. The van der Waals surface area contributed by atoms with Gasteiger partial charge < -0.3 is 25.4 Å². The molecule has 1 atom stereocenters. The Labute approximate surface area is 111 Å². The first kappa shape index (κ1) is 15.4. The van der Waals surface area contributed by atoms with Gasteiger partial charge in [-0.3, -0.25) is 0 Å². The zero-order valence-electron chi connectivity index (χ0n) is 10.5. The van der Waals surface area contributed by atoms with Crippen molar-refractivity contribution in [1.82, 2.24) is 5.32 Å². The van der Waals surface area contributed by atoms with Gasteiger partial charge in [-0.1, -0.05) is 12.1 Å². The topological polar surface area (TPSA) is 106 Å². The maximum Gasteiger partial charge on any atom is 0.137 e. The quantitative estimate of drug-likeness (QED) is 0.493. The molecule has 1 rings (SSSR count). The van der Waals surface area contributed by atoms with Gasteiger partial charge in [0.2, 0.25) is 0 Å². The van der Waals surface area contributed by atoms with Crippen LogP contribution in [-0.4, -0.2) is 53.8 Å². The van der Waals surface area contributed by atoms with E-state index in [2.05, 4.69) is 5.32 Å². The van der Waals surface area contributed by atoms with Crippen molar-refractivity contribution in [2.45, 2.75) is 12.1 Å². The van der Waals surface area contributed by atoms with Crippen molar-refractivity contribution in [1.29, 1.82) is 5.26 Å². The molecule has 6 nitrogen and oxygen atoms in total. The predicted molar refractivity (Wildman–Crippen MR) is 68.6 cm³/mol. The van der Waals surface area contributed by atoms with Gasteiger partial charge >= 0.3 is 0 Å². The summed E-state index contributed by atoms with van der Waals surface area (Å²) < 4.78 is 5.35. The molecule has 6 heteroatoms. The minimum absolute atomic E-state index is 0.0231. The molecule has 0 saturated carbocycles. The summed E-state index contributed by atoms with van der Waals surface area (Å²) in [6.45, 7) is -0.210. The first-order chi connectivity index (χ1) is 9.21. The number of nitrogens with zero attached hydrogens (tertiary/aromatic N) is 1. The van der Waals surface area contributed by atoms with E-state index in [-0.39, 0.29) is 26.4 Å². The van der Waals surface area contributed by atoms with Crippen LogP contribution in [-0.2, 0) is 0 Å². The number of ether oxygens (including phenoxy) is 1. The number of nitriles is 1. The van der Waals surface area contributed by atoms with Gasteiger partial charge in [0.25, 0.3) is 0 Å². The Balaban J connectivity index is 2.38. The second-order valence-corrected chi connectivity index (χ2v) is 4.04. The molecule has 19 heavy (non-hydrogen) atoms. The Bertz CT molecular complexity index is 415. The summed E-state index contributed by atoms with van der Waals surface area (Å²) >= 11 is 0. The van der Waals surface area contributed by atoms with Crippen LogP contribution in [0.15, 0.2) is 24.3 Å². The van der Waals surface area contributed by atoms with Crippen molar-refractivity contribution >= 4 is 0 Å². The highest BCUT2D eigenvalue weighted by Crippen LogP contribution is 2.16. The molecule has 104 valence electrons. The molecule has 0 bridgehead atoms. The highest BCUT2D eigenvalue weighted by atomic mass is 16.5. The minimum atomic E-state index is -0.799. The standard InChI is InChI=1S/C13H18N2O4/c14-5-10-3-1-2-4-13(10)19-9-12(18)6-15-11(7-16)8-17/h1-4,11-12,15-18H,6-9H2. The third kappa shape index (κ3) is 5.24. The summed E-state index contributed by atoms with van der Waals surface area (Å²) in [5.41, 5.74) is 0.409. The Kier molecular flexibility index (Phi) is 6.85. The van der Waals surface area contributed by atoms with Gasteiger partial charge in [0.1, 0.15) is 24.5 Å². The minimum Gasteiger partial charge on any atom is -0.489 e. The Morgan fingerprint density at radius 3 is 2.58 bits per heavy atom. The van der Waals surface area contributed by atoms with E-state index in [1.54, 1.807) is 24.3 Å². The van der Waals surface area contributed by atoms with Gasteiger partial charge in [0.05, 0.1) is 24.8 Å². The van der Waals surface area contributed by atoms with Gasteiger partial charge in [-0.25, -0.2) is 0 Å². The van der Waals surface area contributed by atoms with Crippen LogP contribution in [0.1, 0.15) is 5.56 Å². The first-order valence-corrected chi connectivity index (χ1v) is 5.96. The third-order valence-corrected chi connectivity index (χ3v) is 2.52. The molecule has 0 aromatic heterocycles. The van der Waals surface area contributed by atoms with Gasteiger partial charge in [0.15, 0.2) is 0 Å². The summed E-state index contributed by atoms with van der Waals surface area (Å²) in [5, 5.41) is 39.0. The van der Waals surface area contributed by atoms with E-state index in [1.807, 2.05) is 6.07 Å². The van der Waals surface area contributed by atoms with Crippen LogP contribution in [0.5, 0.6) is 5.75 Å². The molecular weight excluding hydrogens is 248 g/mol. The number of nitrogens with one attached hydrogen (secondary N) is 1. The van der Waals surface area contributed by atoms with Crippen LogP contribution < -0.4 is 10.1 Å². The average molecular weight is 266 g/mol. The molecule has 0 spiro atoms. The normalized spacial score (nSPS) is 12.2. The van der Waals surface area contributed by atoms with E-state index < -0.39 is 12.1 Å². The van der Waals surface area contributed by atoms with Gasteiger partial charge in [-0.05, 0) is 12.1 Å². The summed E-state index contributed by atoms with van der Waals surface area (Å²) in [7, 11) is 0. The Hall–Kier alpha value is -1.65. The van der Waals surface area contributed by atoms with Gasteiger partial charge in [-0.2, -0.15) is 5.26 Å². The molecule has 0 radical (unpaired) electrons. The van der Waals surface area contributed by atoms with E-state index in [1.165, 1.54) is 0 Å². The fourth-order valence-corrected chi connectivity index (χ4v) is 1.42. The molecule has 4 N–H and O–H groups in total. The van der Waals surface area contributed by atoms with Crippen molar-refractivity contribution in [3.8, 4) is 11.8 Å². The van der Waals surface area contributed by atoms with Crippen LogP contribution in [0.4, 0.5) is 0 Å². The van der Waals surface area contributed by atoms with E-state index in [0.29, 0.717) is 11.3 Å². The van der Waals surface area contributed by atoms with Crippen molar-refractivity contribution < 1.29 is 20.1 Å². The van der Waals surface area contributed by atoms with Crippen LogP contribution in [0.25, 0.3) is 0 Å². The molecule has 1 unspecified atom stereocenters. The van der Waals surface area contributed by atoms with Crippen molar-refractivity contribution in [3.05, 3.63) is 29.8 Å². The molecule has 1 aromatic carbocycles. The highest BCUT2D eigenvalue weighted by molar-refractivity contribution is 5.42. The van der Waals surface area contributed by atoms with E-state index in [9.17, 15) is 5.11 Å². The maximum atomic E-state index is 9.68. The van der Waals surface area contributed by atoms with Crippen molar-refractivity contribution in [2.75, 3.05) is 26.4 Å². The van der Waals surface area contributed by atoms with Crippen molar-refractivity contribution in [2.24, 2.45) is 0 Å². The zero-order chi connectivity index (χ0) is 14.1. The summed E-state index contributed by atoms with van der Waals surface area (Å²) in [5.74, 6) is 0.421. The fourth-order valence-electron chi connectivity index (χ4n) is 1.42. The summed E-state index contributed by atoms with van der Waals surface area (Å²) in [6.07, 6.45) is -0.799. The van der Waals surface area contributed by atoms with Gasteiger partial charge in [0, 0.05) is 6.54 Å². The SMILES string of the molecule is N#Cc1ccccc1OCC(O)CNC(CO)CO. The monoisotopic (exact) mass is 266 g/mol. The average Bonchev–Trinajstić information content (AvgIpc) is 2.46. The molecule has 0 aliphatic rings. The second kappa shape index (κ2) is 8.45. The maximum absolute atomic E-state index is 9.68. The second-order valence-electron chi connectivity index (χ2n) is 4.04. The Morgan fingerprint density at radius 2 is 1.95 bits per heavy atom. The van der Waals surface area contributed by atoms with E-state index in [0.717, 1.165) is 0 Å². The zero-order valence-corrected chi connectivity index (χ0v) is 10.5. The van der Waals surface area contributed by atoms with Gasteiger partial charge in [-0.15, -0.1) is 0 Å². The van der Waals surface area contributed by atoms with Crippen LogP contribution in [0.2, 0.25) is 0 Å². The van der Waals surface area contributed by atoms with Crippen molar-refractivity contribution in [3.63, 3.8) is 0 Å². The van der Waals surface area contributed by atoms with E-state index >= 15 is 0 Å². The molecular formula is C13H18N2O4. The molecule has 0 fully saturated rings. The number of rotatable bonds is 8. The molecule has 0 amide bonds. The molecule has 0 saturated heterocycles. The molecule has 0 heterocycles. The lowest BCUT2D eigenvalue weighted by atomic mass is 10.2. The number of benzene rings is 1. The molecule has 0 aliphatic heterocycles. The highest BCUT2D eigenvalue weighted by Gasteiger charge is 2.10. The molecule has 0 aliphatic carbocycles. The first-order valence-electron chi connectivity index (χ1n) is 5.96. The number of aliphatic hydroxyl groups excluding tert-OH is 3.